The Bertz CT molecular complexity index is 1470. The minimum absolute atomic E-state index is 0.0757. The van der Waals surface area contributed by atoms with Crippen LogP contribution in [0.3, 0.4) is 0 Å². The number of pyridine rings is 1. The molecule has 172 valence electrons. The average molecular weight is 461 g/mol. The van der Waals surface area contributed by atoms with Crippen molar-refractivity contribution in [1.29, 1.82) is 0 Å². The maximum absolute atomic E-state index is 14.8. The first-order valence-electron chi connectivity index (χ1n) is 10.4. The fourth-order valence-electron chi connectivity index (χ4n) is 3.97. The van der Waals surface area contributed by atoms with Crippen LogP contribution in [-0.4, -0.2) is 43.8 Å². The van der Waals surface area contributed by atoms with E-state index in [9.17, 15) is 9.18 Å². The lowest BCUT2D eigenvalue weighted by atomic mass is 10.1. The number of hydrogen-bond donors (Lipinski definition) is 1. The molecule has 4 aromatic rings. The van der Waals surface area contributed by atoms with Crippen LogP contribution in [-0.2, 0) is 9.53 Å². The lowest BCUT2D eigenvalue weighted by Gasteiger charge is -2.24. The van der Waals surface area contributed by atoms with Crippen molar-refractivity contribution < 1.29 is 18.7 Å². The summed E-state index contributed by atoms with van der Waals surface area (Å²) in [6, 6.07) is 8.15. The number of fused-ring (bicyclic) bond motifs is 1. The van der Waals surface area contributed by atoms with E-state index in [1.54, 1.807) is 55.5 Å². The van der Waals surface area contributed by atoms with Crippen molar-refractivity contribution in [3.8, 4) is 28.4 Å². The lowest BCUT2D eigenvalue weighted by molar-refractivity contribution is -0.118. The number of primary amides is 1. The lowest BCUT2D eigenvalue weighted by Crippen LogP contribution is -2.27. The molecule has 10 nitrogen and oxygen atoms in total. The van der Waals surface area contributed by atoms with E-state index >= 15 is 0 Å². The van der Waals surface area contributed by atoms with Gasteiger partial charge in [0, 0.05) is 35.4 Å². The van der Waals surface area contributed by atoms with Gasteiger partial charge in [0.05, 0.1) is 18.4 Å². The normalized spacial score (nSPS) is 15.6. The molecule has 5 rings (SSSR count). The largest absolute Gasteiger partial charge is 0.481 e. The van der Waals surface area contributed by atoms with Gasteiger partial charge in [0.25, 0.3) is 11.7 Å². The van der Waals surface area contributed by atoms with Gasteiger partial charge in [-0.1, -0.05) is 0 Å². The summed E-state index contributed by atoms with van der Waals surface area (Å²) >= 11 is 0. The van der Waals surface area contributed by atoms with E-state index in [1.165, 1.54) is 17.7 Å². The van der Waals surface area contributed by atoms with Crippen LogP contribution in [0.5, 0.6) is 5.88 Å². The molecule has 0 spiro atoms. The molecule has 1 atom stereocenters. The number of benzene rings is 1. The van der Waals surface area contributed by atoms with Gasteiger partial charge in [-0.3, -0.25) is 4.79 Å². The fraction of sp³-hybridized carbons (Fsp3) is 0.174. The van der Waals surface area contributed by atoms with E-state index in [2.05, 4.69) is 20.1 Å². The third kappa shape index (κ3) is 3.47. The smallest absolute Gasteiger partial charge is 0.285 e. The molecule has 0 saturated heterocycles. The molecular formula is C23H20FN7O3. The van der Waals surface area contributed by atoms with Crippen LogP contribution in [0.25, 0.3) is 28.3 Å². The highest BCUT2D eigenvalue weighted by atomic mass is 19.1. The number of carbonyl (C=O) groups is 1. The van der Waals surface area contributed by atoms with Crippen LogP contribution in [0.15, 0.2) is 60.4 Å². The predicted octanol–water partition coefficient (Wildman–Crippen LogP) is 2.90. The van der Waals surface area contributed by atoms with Crippen molar-refractivity contribution in [3.63, 3.8) is 0 Å². The minimum Gasteiger partial charge on any atom is -0.481 e. The Balaban J connectivity index is 1.56. The molecule has 1 aromatic carbocycles. The Morgan fingerprint density at radius 3 is 2.79 bits per heavy atom. The van der Waals surface area contributed by atoms with Gasteiger partial charge in [0.2, 0.25) is 11.6 Å². The van der Waals surface area contributed by atoms with Crippen molar-refractivity contribution in [2.75, 3.05) is 12.0 Å². The first-order chi connectivity index (χ1) is 16.4. The van der Waals surface area contributed by atoms with Crippen molar-refractivity contribution in [2.45, 2.75) is 20.1 Å². The van der Waals surface area contributed by atoms with Gasteiger partial charge in [-0.25, -0.2) is 18.9 Å². The third-order valence-corrected chi connectivity index (χ3v) is 5.50. The number of amides is 1. The Morgan fingerprint density at radius 1 is 1.24 bits per heavy atom. The summed E-state index contributed by atoms with van der Waals surface area (Å²) in [7, 11) is 1.54. The molecule has 3 aromatic heterocycles. The summed E-state index contributed by atoms with van der Waals surface area (Å²) in [6.45, 7) is 3.48. The summed E-state index contributed by atoms with van der Waals surface area (Å²) in [5.41, 5.74) is 8.17. The Hall–Kier alpha value is -4.54. The van der Waals surface area contributed by atoms with Crippen molar-refractivity contribution in [2.24, 2.45) is 5.73 Å². The second-order valence-electron chi connectivity index (χ2n) is 7.61. The van der Waals surface area contributed by atoms with E-state index in [1.807, 2.05) is 6.07 Å². The molecule has 0 bridgehead atoms. The minimum atomic E-state index is -0.664. The number of carbonyl (C=O) groups excluding carboxylic acids is 1. The van der Waals surface area contributed by atoms with Crippen LogP contribution in [0, 0.1) is 5.82 Å². The zero-order valence-corrected chi connectivity index (χ0v) is 18.6. The highest BCUT2D eigenvalue weighted by molar-refractivity contribution is 5.92. The molecular weight excluding hydrogens is 441 g/mol. The molecule has 4 heterocycles. The summed E-state index contributed by atoms with van der Waals surface area (Å²) < 4.78 is 27.2. The van der Waals surface area contributed by atoms with Gasteiger partial charge in [0.15, 0.2) is 12.1 Å². The Morgan fingerprint density at radius 2 is 2.06 bits per heavy atom. The van der Waals surface area contributed by atoms with Crippen LogP contribution in [0.1, 0.15) is 13.8 Å². The summed E-state index contributed by atoms with van der Waals surface area (Å²) in [5, 5.41) is 4.44. The van der Waals surface area contributed by atoms with Crippen molar-refractivity contribution >= 4 is 17.4 Å². The summed E-state index contributed by atoms with van der Waals surface area (Å²) in [6.07, 6.45) is 4.49. The number of allylic oxidation sites excluding steroid dienone is 1. The Kier molecular flexibility index (Phi) is 5.08. The molecule has 0 saturated carbocycles. The highest BCUT2D eigenvalue weighted by Gasteiger charge is 2.32. The zero-order chi connectivity index (χ0) is 24.0. The fourth-order valence-corrected chi connectivity index (χ4v) is 3.97. The van der Waals surface area contributed by atoms with E-state index in [0.717, 1.165) is 5.56 Å². The van der Waals surface area contributed by atoms with E-state index < -0.39 is 18.0 Å². The number of nitrogens with zero attached hydrogens (tertiary/aromatic N) is 6. The predicted molar refractivity (Wildman–Crippen MR) is 121 cm³/mol. The number of hydrogen-bond acceptors (Lipinski definition) is 8. The van der Waals surface area contributed by atoms with Crippen LogP contribution in [0.2, 0.25) is 0 Å². The second-order valence-corrected chi connectivity index (χ2v) is 7.61. The molecule has 1 unspecified atom stereocenters. The van der Waals surface area contributed by atoms with Gasteiger partial charge in [-0.15, -0.1) is 5.10 Å². The Labute approximate surface area is 193 Å². The molecule has 11 heteroatoms. The van der Waals surface area contributed by atoms with Gasteiger partial charge in [-0.05, 0) is 44.2 Å². The van der Waals surface area contributed by atoms with E-state index in [-0.39, 0.29) is 17.1 Å². The summed E-state index contributed by atoms with van der Waals surface area (Å²) in [4.78, 5) is 26.4. The number of nitrogens with two attached hydrogens (primary N) is 1. The maximum Gasteiger partial charge on any atom is 0.285 e. The molecule has 0 aliphatic carbocycles. The molecule has 0 fully saturated rings. The van der Waals surface area contributed by atoms with Gasteiger partial charge < -0.3 is 20.1 Å². The molecule has 34 heavy (non-hydrogen) atoms. The first-order valence-corrected chi connectivity index (χ1v) is 10.4. The standard InChI is InChI=1S/C23H20FN7O3/c1-12-19(20(25)32)34-13(2)31(12)15-6-7-18(24)17(9-15)21-28-23-27-10-14(11-30(23)29-21)16-5-4-8-26-22(16)33-3/h4-11,13H,1-3H3,(H2,25,32). The van der Waals surface area contributed by atoms with Gasteiger partial charge in [0.1, 0.15) is 5.82 Å². The zero-order valence-electron chi connectivity index (χ0n) is 18.6. The topological polar surface area (TPSA) is 121 Å². The van der Waals surface area contributed by atoms with Gasteiger partial charge >= 0.3 is 0 Å². The molecule has 2 N–H and O–H groups in total. The summed E-state index contributed by atoms with van der Waals surface area (Å²) in [5.74, 6) is -0.181. The molecule has 1 aliphatic heterocycles. The first kappa shape index (κ1) is 21.3. The second kappa shape index (κ2) is 8.10. The molecule has 1 aliphatic rings. The molecule has 1 amide bonds. The van der Waals surface area contributed by atoms with Crippen LogP contribution >= 0.6 is 0 Å². The van der Waals surface area contributed by atoms with Crippen LogP contribution < -0.4 is 15.4 Å². The average Bonchev–Trinajstić information content (AvgIpc) is 3.39. The van der Waals surface area contributed by atoms with Crippen molar-refractivity contribution in [1.82, 2.24) is 24.6 Å². The van der Waals surface area contributed by atoms with Gasteiger partial charge in [-0.2, -0.15) is 4.98 Å². The van der Waals surface area contributed by atoms with Crippen LogP contribution in [0.4, 0.5) is 10.1 Å². The quantitative estimate of drug-likeness (QED) is 0.482. The monoisotopic (exact) mass is 461 g/mol. The number of halogens is 1. The number of methoxy groups -OCH3 is 1. The van der Waals surface area contributed by atoms with E-state index in [0.29, 0.717) is 28.6 Å². The van der Waals surface area contributed by atoms with E-state index in [4.69, 9.17) is 15.2 Å². The number of ether oxygens (including phenoxy) is 2. The maximum atomic E-state index is 14.8. The third-order valence-electron chi connectivity index (χ3n) is 5.50. The number of anilines is 1. The molecule has 0 radical (unpaired) electrons. The SMILES string of the molecule is COc1ncccc1-c1cnc2nc(-c3cc(N4C(C)=C(C(N)=O)OC4C)ccc3F)nn2c1. The number of aromatic nitrogens is 5. The highest BCUT2D eigenvalue weighted by Crippen LogP contribution is 2.34. The van der Waals surface area contributed by atoms with Crippen molar-refractivity contribution in [3.05, 3.63) is 66.2 Å². The number of rotatable bonds is 5.